The second-order valence-corrected chi connectivity index (χ2v) is 4.28. The predicted molar refractivity (Wildman–Crippen MR) is 54.2 cm³/mol. The van der Waals surface area contributed by atoms with Gasteiger partial charge in [-0.3, -0.25) is 9.98 Å². The van der Waals surface area contributed by atoms with Crippen LogP contribution in [-0.2, 0) is 4.74 Å². The van der Waals surface area contributed by atoms with Gasteiger partial charge in [0.15, 0.2) is 17.8 Å². The van der Waals surface area contributed by atoms with E-state index in [2.05, 4.69) is 4.98 Å². The molecule has 92 valence electrons. The molecule has 2 aliphatic rings. The van der Waals surface area contributed by atoms with E-state index < -0.39 is 24.5 Å². The molecule has 0 aromatic carbocycles. The summed E-state index contributed by atoms with van der Waals surface area (Å²) in [5.41, 5.74) is 0.841. The molecule has 0 spiro atoms. The number of hydrogen-bond donors (Lipinski definition) is 3. The maximum atomic E-state index is 9.87. The highest BCUT2D eigenvalue weighted by atomic mass is 16.6. The molecule has 7 nitrogen and oxygen atoms in total. The standard InChI is InChI=1S/C10H13N3O4/c1-4-2-13-9-7(6(15)5(3-14)16-9)17-10(13)12-8(4)11/h2,5-7,9,11,14-15H,3H2,1H3. The average Bonchev–Trinajstić information content (AvgIpc) is 2.78. The van der Waals surface area contributed by atoms with E-state index in [4.69, 9.17) is 20.0 Å². The smallest absolute Gasteiger partial charge is 0.301 e. The molecule has 3 heterocycles. The van der Waals surface area contributed by atoms with Crippen LogP contribution < -0.4 is 10.2 Å². The van der Waals surface area contributed by atoms with E-state index >= 15 is 0 Å². The van der Waals surface area contributed by atoms with Crippen LogP contribution in [0.3, 0.4) is 0 Å². The Labute approximate surface area is 96.8 Å². The lowest BCUT2D eigenvalue weighted by atomic mass is 10.1. The van der Waals surface area contributed by atoms with E-state index in [-0.39, 0.29) is 18.1 Å². The van der Waals surface area contributed by atoms with Gasteiger partial charge in [0.25, 0.3) is 0 Å². The molecule has 1 aromatic rings. The first kappa shape index (κ1) is 10.7. The Hall–Kier alpha value is -1.44. The van der Waals surface area contributed by atoms with Crippen LogP contribution in [0.4, 0.5) is 0 Å². The number of aromatic nitrogens is 2. The van der Waals surface area contributed by atoms with Crippen LogP contribution in [-0.4, -0.2) is 44.7 Å². The van der Waals surface area contributed by atoms with Crippen molar-refractivity contribution in [3.63, 3.8) is 0 Å². The summed E-state index contributed by atoms with van der Waals surface area (Å²) in [5, 5.41) is 26.5. The third kappa shape index (κ3) is 1.40. The van der Waals surface area contributed by atoms with Crippen LogP contribution in [0.2, 0.25) is 0 Å². The minimum atomic E-state index is -0.888. The summed E-state index contributed by atoms with van der Waals surface area (Å²) >= 11 is 0. The van der Waals surface area contributed by atoms with E-state index in [1.54, 1.807) is 17.7 Å². The van der Waals surface area contributed by atoms with Crippen LogP contribution in [0.1, 0.15) is 11.8 Å². The van der Waals surface area contributed by atoms with Crippen molar-refractivity contribution in [1.82, 2.24) is 9.55 Å². The molecule has 0 saturated carbocycles. The molecule has 1 saturated heterocycles. The number of nitrogens with one attached hydrogen (secondary N) is 1. The maximum absolute atomic E-state index is 9.87. The summed E-state index contributed by atoms with van der Waals surface area (Å²) in [6.07, 6.45) is -0.866. The molecule has 1 fully saturated rings. The molecule has 3 rings (SSSR count). The number of hydrogen-bond acceptors (Lipinski definition) is 6. The summed E-state index contributed by atoms with van der Waals surface area (Å²) in [4.78, 5) is 3.97. The monoisotopic (exact) mass is 239 g/mol. The van der Waals surface area contributed by atoms with Gasteiger partial charge in [0.2, 0.25) is 0 Å². The third-order valence-corrected chi connectivity index (χ3v) is 3.14. The molecule has 0 aliphatic carbocycles. The average molecular weight is 239 g/mol. The van der Waals surface area contributed by atoms with Crippen LogP contribution in [0.5, 0.6) is 6.01 Å². The zero-order valence-electron chi connectivity index (χ0n) is 9.20. The highest BCUT2D eigenvalue weighted by Crippen LogP contribution is 2.38. The van der Waals surface area contributed by atoms with Gasteiger partial charge in [-0.25, -0.2) is 0 Å². The Morgan fingerprint density at radius 3 is 3.06 bits per heavy atom. The Morgan fingerprint density at radius 2 is 2.35 bits per heavy atom. The van der Waals surface area contributed by atoms with Crippen LogP contribution >= 0.6 is 0 Å². The van der Waals surface area contributed by atoms with Crippen molar-refractivity contribution in [2.45, 2.75) is 31.5 Å². The Balaban J connectivity index is 2.02. The van der Waals surface area contributed by atoms with Crippen molar-refractivity contribution in [3.8, 4) is 6.01 Å². The highest BCUT2D eigenvalue weighted by Gasteiger charge is 2.50. The van der Waals surface area contributed by atoms with Crippen molar-refractivity contribution < 1.29 is 19.7 Å². The van der Waals surface area contributed by atoms with Gasteiger partial charge in [0.1, 0.15) is 12.2 Å². The minimum absolute atomic E-state index is 0.143. The fraction of sp³-hybridized carbons (Fsp3) is 0.600. The molecule has 3 N–H and O–H groups in total. The molecule has 4 unspecified atom stereocenters. The SMILES string of the molecule is Cc1cn2c(nc1=N)OC1C(O)C(CO)OC12. The first-order valence-electron chi connectivity index (χ1n) is 5.37. The van der Waals surface area contributed by atoms with Gasteiger partial charge in [-0.2, -0.15) is 4.98 Å². The molecule has 17 heavy (non-hydrogen) atoms. The topological polar surface area (TPSA) is 101 Å². The van der Waals surface area contributed by atoms with E-state index in [0.29, 0.717) is 5.56 Å². The minimum Gasteiger partial charge on any atom is -0.454 e. The normalized spacial score (nSPS) is 34.3. The number of ether oxygens (including phenoxy) is 2. The molecular weight excluding hydrogens is 226 g/mol. The van der Waals surface area contributed by atoms with E-state index in [0.717, 1.165) is 0 Å². The fourth-order valence-electron chi connectivity index (χ4n) is 2.18. The van der Waals surface area contributed by atoms with Crippen molar-refractivity contribution in [1.29, 1.82) is 5.41 Å². The van der Waals surface area contributed by atoms with Crippen molar-refractivity contribution in [2.24, 2.45) is 0 Å². The number of nitrogens with zero attached hydrogens (tertiary/aromatic N) is 2. The number of aliphatic hydroxyl groups is 2. The lowest BCUT2D eigenvalue weighted by Crippen LogP contribution is -2.34. The molecule has 0 radical (unpaired) electrons. The van der Waals surface area contributed by atoms with Gasteiger partial charge in [-0.1, -0.05) is 0 Å². The number of aliphatic hydroxyl groups excluding tert-OH is 2. The van der Waals surface area contributed by atoms with Crippen LogP contribution in [0.25, 0.3) is 0 Å². The van der Waals surface area contributed by atoms with E-state index in [1.165, 1.54) is 0 Å². The van der Waals surface area contributed by atoms with Gasteiger partial charge in [0, 0.05) is 11.8 Å². The fourth-order valence-corrected chi connectivity index (χ4v) is 2.18. The summed E-state index contributed by atoms with van der Waals surface area (Å²) < 4.78 is 12.6. The number of rotatable bonds is 1. The maximum Gasteiger partial charge on any atom is 0.301 e. The number of fused-ring (bicyclic) bond motifs is 3. The van der Waals surface area contributed by atoms with Crippen LogP contribution in [0.15, 0.2) is 6.20 Å². The lowest BCUT2D eigenvalue weighted by Gasteiger charge is -2.14. The molecular formula is C10H13N3O4. The van der Waals surface area contributed by atoms with Crippen molar-refractivity contribution >= 4 is 0 Å². The third-order valence-electron chi connectivity index (χ3n) is 3.14. The van der Waals surface area contributed by atoms with Gasteiger partial charge in [-0.15, -0.1) is 0 Å². The van der Waals surface area contributed by atoms with Crippen molar-refractivity contribution in [3.05, 3.63) is 17.2 Å². The summed E-state index contributed by atoms with van der Waals surface area (Å²) in [7, 11) is 0. The first-order valence-corrected chi connectivity index (χ1v) is 5.37. The zero-order valence-corrected chi connectivity index (χ0v) is 9.20. The second kappa shape index (κ2) is 3.52. The summed E-state index contributed by atoms with van der Waals surface area (Å²) in [6.45, 7) is 1.52. The Morgan fingerprint density at radius 1 is 1.59 bits per heavy atom. The predicted octanol–water partition coefficient (Wildman–Crippen LogP) is -1.32. The molecule has 0 bridgehead atoms. The van der Waals surface area contributed by atoms with E-state index in [1.807, 2.05) is 0 Å². The molecule has 7 heteroatoms. The second-order valence-electron chi connectivity index (χ2n) is 4.28. The highest BCUT2D eigenvalue weighted by molar-refractivity contribution is 5.14. The van der Waals surface area contributed by atoms with E-state index in [9.17, 15) is 5.11 Å². The number of aryl methyl sites for hydroxylation is 1. The largest absolute Gasteiger partial charge is 0.454 e. The van der Waals surface area contributed by atoms with Crippen LogP contribution in [0, 0.1) is 12.3 Å². The molecule has 1 aromatic heterocycles. The molecule has 2 aliphatic heterocycles. The molecule has 0 amide bonds. The quantitative estimate of drug-likeness (QED) is 0.564. The first-order chi connectivity index (χ1) is 8.11. The summed E-state index contributed by atoms with van der Waals surface area (Å²) in [6, 6.07) is 0.269. The van der Waals surface area contributed by atoms with Crippen molar-refractivity contribution in [2.75, 3.05) is 6.61 Å². The Kier molecular flexibility index (Phi) is 2.22. The summed E-state index contributed by atoms with van der Waals surface area (Å²) in [5.74, 6) is 0. The molecule has 4 atom stereocenters. The van der Waals surface area contributed by atoms with Gasteiger partial charge >= 0.3 is 6.01 Å². The Bertz CT molecular complexity index is 515. The van der Waals surface area contributed by atoms with Gasteiger partial charge < -0.3 is 19.7 Å². The zero-order chi connectivity index (χ0) is 12.2. The van der Waals surface area contributed by atoms with Gasteiger partial charge in [-0.05, 0) is 6.92 Å². The van der Waals surface area contributed by atoms with Gasteiger partial charge in [0.05, 0.1) is 6.61 Å². The lowest BCUT2D eigenvalue weighted by molar-refractivity contribution is -0.0435.